The molecule has 0 saturated carbocycles. The van der Waals surface area contributed by atoms with Crippen LogP contribution in [0.15, 0.2) is 71.5 Å². The van der Waals surface area contributed by atoms with E-state index >= 15 is 0 Å². The minimum Gasteiger partial charge on any atom is -0.322 e. The van der Waals surface area contributed by atoms with Gasteiger partial charge in [-0.2, -0.15) is 0 Å². The maximum absolute atomic E-state index is 13.8. The minimum atomic E-state index is -0.178. The Morgan fingerprint density at radius 3 is 2.18 bits per heavy atom. The number of carbonyl (C=O) groups excluding carboxylic acids is 1. The first-order valence-corrected chi connectivity index (χ1v) is 11.7. The van der Waals surface area contributed by atoms with Crippen LogP contribution in [0.3, 0.4) is 0 Å². The van der Waals surface area contributed by atoms with Gasteiger partial charge in [-0.3, -0.25) is 9.59 Å². The van der Waals surface area contributed by atoms with Crippen molar-refractivity contribution in [2.24, 2.45) is 0 Å². The van der Waals surface area contributed by atoms with Gasteiger partial charge in [0.1, 0.15) is 0 Å². The van der Waals surface area contributed by atoms with Gasteiger partial charge in [0.15, 0.2) is 0 Å². The summed E-state index contributed by atoms with van der Waals surface area (Å²) >= 11 is 0. The molecule has 0 aliphatic heterocycles. The molecule has 0 aliphatic carbocycles. The van der Waals surface area contributed by atoms with Crippen molar-refractivity contribution in [2.45, 2.75) is 53.5 Å². The van der Waals surface area contributed by atoms with Gasteiger partial charge in [0.05, 0.1) is 6.54 Å². The van der Waals surface area contributed by atoms with Crippen LogP contribution in [-0.4, -0.2) is 10.9 Å². The zero-order valence-corrected chi connectivity index (χ0v) is 20.8. The van der Waals surface area contributed by atoms with E-state index in [9.17, 15) is 9.59 Å². The Kier molecular flexibility index (Phi) is 6.18. The van der Waals surface area contributed by atoms with Crippen LogP contribution in [0.1, 0.15) is 58.9 Å². The van der Waals surface area contributed by atoms with Crippen molar-refractivity contribution in [3.05, 3.63) is 110 Å². The quantitative estimate of drug-likeness (QED) is 0.379. The third-order valence-electron chi connectivity index (χ3n) is 6.30. The van der Waals surface area contributed by atoms with Crippen molar-refractivity contribution in [1.82, 2.24) is 4.98 Å². The predicted molar refractivity (Wildman–Crippen MR) is 141 cm³/mol. The second-order valence-electron chi connectivity index (χ2n) is 10.2. The molecule has 0 atom stereocenters. The lowest BCUT2D eigenvalue weighted by atomic mass is 9.86. The fourth-order valence-corrected chi connectivity index (χ4v) is 4.20. The van der Waals surface area contributed by atoms with Gasteiger partial charge in [-0.15, -0.1) is 0 Å². The number of benzene rings is 3. The molecule has 4 aromatic rings. The number of hydrogen-bond acceptors (Lipinski definition) is 2. The van der Waals surface area contributed by atoms with Gasteiger partial charge < -0.3 is 9.88 Å². The highest BCUT2D eigenvalue weighted by molar-refractivity contribution is 6.06. The molecule has 3 aromatic carbocycles. The topological polar surface area (TPSA) is 53.2 Å². The van der Waals surface area contributed by atoms with Gasteiger partial charge in [0, 0.05) is 22.3 Å². The summed E-state index contributed by atoms with van der Waals surface area (Å²) in [5, 5.41) is 0.956. The first kappa shape index (κ1) is 23.5. The van der Waals surface area contributed by atoms with Crippen LogP contribution in [0.4, 0.5) is 5.69 Å². The summed E-state index contributed by atoms with van der Waals surface area (Å²) in [6.45, 7) is 12.7. The molecular weight excluding hydrogens is 420 g/mol. The standard InChI is InChI=1S/C30H32N2O2/c1-19-8-14-26-23(15-19)17-24(28(33)31-26)18-32(27-16-20(2)7-9-21(27)3)29(34)22-10-12-25(13-11-22)30(4,5)6/h7-17H,18H2,1-6H3,(H,31,33). The molecule has 34 heavy (non-hydrogen) atoms. The van der Waals surface area contributed by atoms with E-state index in [4.69, 9.17) is 0 Å². The number of aromatic amines is 1. The van der Waals surface area contributed by atoms with Gasteiger partial charge in [0.25, 0.3) is 11.5 Å². The predicted octanol–water partition coefficient (Wildman–Crippen LogP) is 6.60. The van der Waals surface area contributed by atoms with Crippen molar-refractivity contribution in [3.63, 3.8) is 0 Å². The maximum atomic E-state index is 13.8. The number of anilines is 1. The van der Waals surface area contributed by atoms with Crippen molar-refractivity contribution in [3.8, 4) is 0 Å². The number of rotatable bonds is 4. The highest BCUT2D eigenvalue weighted by Gasteiger charge is 2.22. The first-order chi connectivity index (χ1) is 16.0. The van der Waals surface area contributed by atoms with E-state index in [0.29, 0.717) is 11.1 Å². The van der Waals surface area contributed by atoms with Crippen LogP contribution in [0.2, 0.25) is 0 Å². The lowest BCUT2D eigenvalue weighted by molar-refractivity contribution is 0.0985. The van der Waals surface area contributed by atoms with Crippen molar-refractivity contribution >= 4 is 22.5 Å². The number of aromatic nitrogens is 1. The number of aryl methyl sites for hydroxylation is 3. The number of hydrogen-bond donors (Lipinski definition) is 1. The molecule has 4 nitrogen and oxygen atoms in total. The van der Waals surface area contributed by atoms with Gasteiger partial charge in [0.2, 0.25) is 0 Å². The van der Waals surface area contributed by atoms with Crippen molar-refractivity contribution < 1.29 is 4.79 Å². The van der Waals surface area contributed by atoms with E-state index in [1.165, 1.54) is 5.56 Å². The van der Waals surface area contributed by atoms with E-state index in [1.54, 1.807) is 4.90 Å². The summed E-state index contributed by atoms with van der Waals surface area (Å²) < 4.78 is 0. The molecule has 1 N–H and O–H groups in total. The summed E-state index contributed by atoms with van der Waals surface area (Å²) in [4.78, 5) is 31.5. The molecule has 4 rings (SSSR count). The fourth-order valence-electron chi connectivity index (χ4n) is 4.20. The van der Waals surface area contributed by atoms with Crippen LogP contribution < -0.4 is 10.5 Å². The molecule has 0 spiro atoms. The summed E-state index contributed by atoms with van der Waals surface area (Å²) in [6, 6.07) is 21.7. The van der Waals surface area contributed by atoms with Crippen molar-refractivity contribution in [1.29, 1.82) is 0 Å². The number of H-pyrrole nitrogens is 1. The molecule has 0 fully saturated rings. The zero-order chi connectivity index (χ0) is 24.6. The lowest BCUT2D eigenvalue weighted by Crippen LogP contribution is -2.33. The molecule has 0 bridgehead atoms. The number of pyridine rings is 1. The lowest BCUT2D eigenvalue weighted by Gasteiger charge is -2.26. The molecule has 0 unspecified atom stereocenters. The van der Waals surface area contributed by atoms with Crippen LogP contribution in [-0.2, 0) is 12.0 Å². The maximum Gasteiger partial charge on any atom is 0.258 e. The number of fused-ring (bicyclic) bond motifs is 1. The van der Waals surface area contributed by atoms with Gasteiger partial charge in [-0.1, -0.05) is 56.7 Å². The van der Waals surface area contributed by atoms with E-state index in [0.717, 1.165) is 33.3 Å². The number of nitrogens with one attached hydrogen (secondary N) is 1. The average Bonchev–Trinajstić information content (AvgIpc) is 2.79. The summed E-state index contributed by atoms with van der Waals surface area (Å²) in [5.41, 5.74) is 6.92. The Balaban J connectivity index is 1.80. The molecule has 1 amide bonds. The molecule has 0 saturated heterocycles. The number of amides is 1. The third kappa shape index (κ3) is 4.81. The Morgan fingerprint density at radius 1 is 0.853 bits per heavy atom. The molecular formula is C30H32N2O2. The molecule has 1 heterocycles. The normalized spacial score (nSPS) is 11.6. The summed E-state index contributed by atoms with van der Waals surface area (Å²) in [5.74, 6) is -0.127. The second kappa shape index (κ2) is 8.94. The van der Waals surface area contributed by atoms with E-state index in [1.807, 2.05) is 87.5 Å². The zero-order valence-electron chi connectivity index (χ0n) is 20.8. The van der Waals surface area contributed by atoms with Crippen LogP contribution >= 0.6 is 0 Å². The smallest absolute Gasteiger partial charge is 0.258 e. The van der Waals surface area contributed by atoms with E-state index < -0.39 is 0 Å². The Morgan fingerprint density at radius 2 is 1.50 bits per heavy atom. The first-order valence-electron chi connectivity index (χ1n) is 11.7. The SMILES string of the molecule is Cc1ccc(C)c(N(Cc2cc3cc(C)ccc3[nH]c2=O)C(=O)c2ccc(C(C)(C)C)cc2)c1. The fraction of sp³-hybridized carbons (Fsp3) is 0.267. The Hall–Kier alpha value is -3.66. The molecule has 174 valence electrons. The van der Waals surface area contributed by atoms with Gasteiger partial charge >= 0.3 is 0 Å². The van der Waals surface area contributed by atoms with Gasteiger partial charge in [-0.25, -0.2) is 0 Å². The molecule has 0 radical (unpaired) electrons. The Labute approximate surface area is 201 Å². The van der Waals surface area contributed by atoms with Crippen LogP contribution in [0.25, 0.3) is 10.9 Å². The van der Waals surface area contributed by atoms with Crippen LogP contribution in [0.5, 0.6) is 0 Å². The van der Waals surface area contributed by atoms with E-state index in [2.05, 4.69) is 25.8 Å². The summed E-state index contributed by atoms with van der Waals surface area (Å²) in [7, 11) is 0. The summed E-state index contributed by atoms with van der Waals surface area (Å²) in [6.07, 6.45) is 0. The highest BCUT2D eigenvalue weighted by Crippen LogP contribution is 2.27. The Bertz CT molecular complexity index is 1420. The van der Waals surface area contributed by atoms with Crippen LogP contribution in [0, 0.1) is 20.8 Å². The second-order valence-corrected chi connectivity index (χ2v) is 10.2. The number of nitrogens with zero attached hydrogens (tertiary/aromatic N) is 1. The largest absolute Gasteiger partial charge is 0.322 e. The number of carbonyl (C=O) groups is 1. The molecule has 0 aliphatic rings. The third-order valence-corrected chi connectivity index (χ3v) is 6.30. The molecule has 4 heteroatoms. The van der Waals surface area contributed by atoms with Gasteiger partial charge in [-0.05, 0) is 84.7 Å². The monoisotopic (exact) mass is 452 g/mol. The minimum absolute atomic E-state index is 0.00488. The van der Waals surface area contributed by atoms with Crippen molar-refractivity contribution in [2.75, 3.05) is 4.90 Å². The van der Waals surface area contributed by atoms with E-state index in [-0.39, 0.29) is 23.4 Å². The molecule has 1 aromatic heterocycles. The average molecular weight is 453 g/mol. The highest BCUT2D eigenvalue weighted by atomic mass is 16.2.